The summed E-state index contributed by atoms with van der Waals surface area (Å²) in [6.07, 6.45) is -1.45. The van der Waals surface area contributed by atoms with Crippen molar-refractivity contribution in [3.8, 4) is 0 Å². The molecule has 4 atom stereocenters. The maximum Gasteiger partial charge on any atom is 0.326 e. The number of primary amides is 1. The summed E-state index contributed by atoms with van der Waals surface area (Å²) in [6, 6.07) is -5.51. The topological polar surface area (TPSA) is 231 Å². The second-order valence-electron chi connectivity index (χ2n) is 5.75. The molecule has 0 aliphatic carbocycles. The molecule has 0 aliphatic heterocycles. The van der Waals surface area contributed by atoms with E-state index in [1.165, 1.54) is 6.92 Å². The molecule has 0 heterocycles. The third kappa shape index (κ3) is 9.18. The Labute approximate surface area is 165 Å². The first-order valence-electron chi connectivity index (χ1n) is 7.89. The smallest absolute Gasteiger partial charge is 0.326 e. The highest BCUT2D eigenvalue weighted by Crippen LogP contribution is 1.98. The second kappa shape index (κ2) is 11.8. The fourth-order valence-electron chi connectivity index (χ4n) is 1.82. The number of carboxylic acids is 2. The van der Waals surface area contributed by atoms with Crippen LogP contribution in [0.25, 0.3) is 0 Å². The van der Waals surface area contributed by atoms with E-state index in [0.29, 0.717) is 0 Å². The van der Waals surface area contributed by atoms with Gasteiger partial charge in [0, 0.05) is 5.75 Å². The molecule has 0 spiro atoms. The van der Waals surface area contributed by atoms with Crippen LogP contribution in [-0.2, 0) is 28.8 Å². The number of hydrogen-bond acceptors (Lipinski definition) is 8. The minimum Gasteiger partial charge on any atom is -0.481 e. The van der Waals surface area contributed by atoms with Crippen molar-refractivity contribution in [2.24, 2.45) is 11.5 Å². The van der Waals surface area contributed by atoms with Gasteiger partial charge in [-0.2, -0.15) is 12.6 Å². The van der Waals surface area contributed by atoms with Gasteiger partial charge in [-0.05, 0) is 6.92 Å². The predicted octanol–water partition coefficient (Wildman–Crippen LogP) is -3.85. The van der Waals surface area contributed by atoms with Gasteiger partial charge in [-0.3, -0.25) is 24.0 Å². The summed E-state index contributed by atoms with van der Waals surface area (Å²) in [5.41, 5.74) is 10.5. The number of nitrogens with one attached hydrogen (secondary N) is 3. The fourth-order valence-corrected chi connectivity index (χ4v) is 1.99. The van der Waals surface area contributed by atoms with E-state index in [0.717, 1.165) is 0 Å². The van der Waals surface area contributed by atoms with E-state index in [4.69, 9.17) is 21.7 Å². The monoisotopic (exact) mass is 421 g/mol. The number of aliphatic carboxylic acids is 2. The lowest BCUT2D eigenvalue weighted by molar-refractivity contribution is -0.147. The number of amides is 4. The fraction of sp³-hybridized carbons (Fsp3) is 0.571. The molecule has 0 radical (unpaired) electrons. The van der Waals surface area contributed by atoms with Crippen molar-refractivity contribution in [1.29, 1.82) is 0 Å². The van der Waals surface area contributed by atoms with Crippen molar-refractivity contribution in [3.63, 3.8) is 0 Å². The maximum atomic E-state index is 12.3. The summed E-state index contributed by atoms with van der Waals surface area (Å²) >= 11 is 3.83. The van der Waals surface area contributed by atoms with E-state index in [1.54, 1.807) is 0 Å². The first-order chi connectivity index (χ1) is 12.9. The van der Waals surface area contributed by atoms with E-state index in [9.17, 15) is 28.8 Å². The molecule has 0 rings (SSSR count). The van der Waals surface area contributed by atoms with Gasteiger partial charge in [0.1, 0.15) is 18.1 Å². The SMILES string of the molecule is CC(NC(=O)C(CC(N)=O)NC(=O)C(N)CS)C(=O)NC(CC(=O)O)C(=O)O. The van der Waals surface area contributed by atoms with Crippen molar-refractivity contribution in [1.82, 2.24) is 16.0 Å². The third-order valence-electron chi connectivity index (χ3n) is 3.32. The summed E-state index contributed by atoms with van der Waals surface area (Å²) in [7, 11) is 0. The van der Waals surface area contributed by atoms with Crippen molar-refractivity contribution in [2.45, 2.75) is 43.9 Å². The van der Waals surface area contributed by atoms with Crippen molar-refractivity contribution >= 4 is 48.2 Å². The summed E-state index contributed by atoms with van der Waals surface area (Å²) < 4.78 is 0. The largest absolute Gasteiger partial charge is 0.481 e. The lowest BCUT2D eigenvalue weighted by Crippen LogP contribution is -2.57. The van der Waals surface area contributed by atoms with Gasteiger partial charge in [0.2, 0.25) is 23.6 Å². The van der Waals surface area contributed by atoms with Crippen molar-refractivity contribution in [2.75, 3.05) is 5.75 Å². The maximum absolute atomic E-state index is 12.3. The zero-order valence-electron chi connectivity index (χ0n) is 14.9. The van der Waals surface area contributed by atoms with Gasteiger partial charge in [-0.25, -0.2) is 4.79 Å². The van der Waals surface area contributed by atoms with Crippen LogP contribution < -0.4 is 27.4 Å². The molecule has 0 saturated heterocycles. The van der Waals surface area contributed by atoms with Crippen LogP contribution in [0.15, 0.2) is 0 Å². The first-order valence-corrected chi connectivity index (χ1v) is 8.52. The Hall–Kier alpha value is -2.87. The van der Waals surface area contributed by atoms with Crippen LogP contribution in [0.1, 0.15) is 19.8 Å². The number of carbonyl (C=O) groups excluding carboxylic acids is 4. The number of rotatable bonds is 12. The number of thiol groups is 1. The second-order valence-corrected chi connectivity index (χ2v) is 6.11. The molecular formula is C14H23N5O8S. The first kappa shape index (κ1) is 25.1. The number of carbonyl (C=O) groups is 6. The molecule has 0 bridgehead atoms. The lowest BCUT2D eigenvalue weighted by Gasteiger charge is -2.22. The highest BCUT2D eigenvalue weighted by atomic mass is 32.1. The Kier molecular flexibility index (Phi) is 10.6. The van der Waals surface area contributed by atoms with Gasteiger partial charge in [-0.15, -0.1) is 0 Å². The summed E-state index contributed by atoms with van der Waals surface area (Å²) in [5.74, 6) is -6.69. The van der Waals surface area contributed by atoms with Gasteiger partial charge in [0.05, 0.1) is 18.9 Å². The summed E-state index contributed by atoms with van der Waals surface area (Å²) in [5, 5.41) is 23.9. The standard InChI is InChI=1S/C14H23N5O8S/c1-5(11(23)19-8(14(26)27)3-10(21)22)17-13(25)7(2-9(16)20)18-12(24)6(15)4-28/h5-8,28H,2-4,15H2,1H3,(H2,16,20)(H,17,25)(H,18,24)(H,19,23)(H,21,22)(H,26,27). The lowest BCUT2D eigenvalue weighted by atomic mass is 10.1. The molecule has 4 amide bonds. The van der Waals surface area contributed by atoms with Crippen LogP contribution in [-0.4, -0.2) is 75.7 Å². The van der Waals surface area contributed by atoms with Crippen LogP contribution in [0, 0.1) is 0 Å². The minimum absolute atomic E-state index is 0.0320. The Bertz CT molecular complexity index is 643. The molecule has 0 aromatic heterocycles. The molecule has 0 aliphatic rings. The quantitative estimate of drug-likeness (QED) is 0.144. The van der Waals surface area contributed by atoms with Gasteiger partial charge in [0.25, 0.3) is 0 Å². The molecule has 0 fully saturated rings. The molecule has 0 aromatic rings. The normalized spacial score (nSPS) is 14.7. The number of nitrogens with two attached hydrogens (primary N) is 2. The van der Waals surface area contributed by atoms with E-state index in [2.05, 4.69) is 23.3 Å². The molecule has 4 unspecified atom stereocenters. The Morgan fingerprint density at radius 1 is 0.893 bits per heavy atom. The molecule has 0 saturated carbocycles. The highest BCUT2D eigenvalue weighted by Gasteiger charge is 2.29. The van der Waals surface area contributed by atoms with Crippen LogP contribution in [0.4, 0.5) is 0 Å². The Balaban J connectivity index is 5.05. The Morgan fingerprint density at radius 2 is 1.43 bits per heavy atom. The number of carboxylic acid groups (broad SMARTS) is 2. The zero-order chi connectivity index (χ0) is 22.0. The molecule has 0 aromatic carbocycles. The number of hydrogen-bond donors (Lipinski definition) is 8. The predicted molar refractivity (Wildman–Crippen MR) is 97.0 cm³/mol. The molecule has 28 heavy (non-hydrogen) atoms. The van der Waals surface area contributed by atoms with E-state index in [-0.39, 0.29) is 5.75 Å². The van der Waals surface area contributed by atoms with Crippen LogP contribution in [0.5, 0.6) is 0 Å². The summed E-state index contributed by atoms with van der Waals surface area (Å²) in [6.45, 7) is 1.19. The van der Waals surface area contributed by atoms with E-state index < -0.39 is 72.6 Å². The summed E-state index contributed by atoms with van der Waals surface area (Å²) in [4.78, 5) is 68.8. The molecular weight excluding hydrogens is 398 g/mol. The van der Waals surface area contributed by atoms with Crippen LogP contribution >= 0.6 is 12.6 Å². The third-order valence-corrected chi connectivity index (χ3v) is 3.71. The molecule has 9 N–H and O–H groups in total. The van der Waals surface area contributed by atoms with Crippen molar-refractivity contribution in [3.05, 3.63) is 0 Å². The van der Waals surface area contributed by atoms with Gasteiger partial charge >= 0.3 is 11.9 Å². The molecule has 14 heteroatoms. The van der Waals surface area contributed by atoms with Gasteiger partial charge in [0.15, 0.2) is 0 Å². The average molecular weight is 421 g/mol. The van der Waals surface area contributed by atoms with Gasteiger partial charge < -0.3 is 37.6 Å². The van der Waals surface area contributed by atoms with E-state index in [1.807, 2.05) is 5.32 Å². The van der Waals surface area contributed by atoms with E-state index >= 15 is 0 Å². The van der Waals surface area contributed by atoms with Crippen LogP contribution in [0.3, 0.4) is 0 Å². The van der Waals surface area contributed by atoms with Crippen molar-refractivity contribution < 1.29 is 39.0 Å². The van der Waals surface area contributed by atoms with Crippen LogP contribution in [0.2, 0.25) is 0 Å². The minimum atomic E-state index is -1.71. The highest BCUT2D eigenvalue weighted by molar-refractivity contribution is 7.80. The zero-order valence-corrected chi connectivity index (χ0v) is 15.8. The molecule has 13 nitrogen and oxygen atoms in total. The Morgan fingerprint density at radius 3 is 1.86 bits per heavy atom. The van der Waals surface area contributed by atoms with Gasteiger partial charge in [-0.1, -0.05) is 0 Å². The molecule has 158 valence electrons. The average Bonchev–Trinajstić information content (AvgIpc) is 2.58.